The van der Waals surface area contributed by atoms with Crippen molar-refractivity contribution in [3.63, 3.8) is 0 Å². The van der Waals surface area contributed by atoms with Crippen molar-refractivity contribution in [1.82, 2.24) is 9.55 Å². The number of hydrogen-bond acceptors (Lipinski definition) is 5. The topological polar surface area (TPSA) is 56.1 Å². The molecule has 4 rings (SSSR count). The Morgan fingerprint density at radius 3 is 3.10 bits per heavy atom. The first-order chi connectivity index (χ1) is 14.1. The van der Waals surface area contributed by atoms with Crippen molar-refractivity contribution in [3.8, 4) is 0 Å². The number of nitrogens with one attached hydrogen (secondary N) is 1. The molecule has 2 heterocycles. The number of carbonyl (C=O) groups excluding carboxylic acids is 1. The average Bonchev–Trinajstić information content (AvgIpc) is 3.34. The van der Waals surface area contributed by atoms with Gasteiger partial charge >= 0.3 is 5.97 Å². The van der Waals surface area contributed by atoms with Gasteiger partial charge in [-0.2, -0.15) is 0 Å². The smallest absolute Gasteiger partial charge is 0.348 e. The van der Waals surface area contributed by atoms with Gasteiger partial charge in [-0.05, 0) is 54.5 Å². The molecule has 0 saturated heterocycles. The van der Waals surface area contributed by atoms with E-state index in [4.69, 9.17) is 4.74 Å². The Morgan fingerprint density at radius 1 is 1.38 bits per heavy atom. The van der Waals surface area contributed by atoms with Gasteiger partial charge < -0.3 is 14.6 Å². The molecule has 1 aliphatic carbocycles. The summed E-state index contributed by atoms with van der Waals surface area (Å²) < 4.78 is 8.39. The van der Waals surface area contributed by atoms with E-state index in [-0.39, 0.29) is 5.97 Å². The number of carbonyl (C=O) groups is 1. The molecule has 0 amide bonds. The fraction of sp³-hybridized carbons (Fsp3) is 0.304. The van der Waals surface area contributed by atoms with Crippen LogP contribution in [0.2, 0.25) is 0 Å². The Morgan fingerprint density at radius 2 is 2.28 bits per heavy atom. The van der Waals surface area contributed by atoms with Crippen LogP contribution >= 0.6 is 11.3 Å². The summed E-state index contributed by atoms with van der Waals surface area (Å²) in [5.41, 5.74) is 3.59. The van der Waals surface area contributed by atoms with Gasteiger partial charge in [0.15, 0.2) is 0 Å². The first-order valence-electron chi connectivity index (χ1n) is 9.93. The summed E-state index contributed by atoms with van der Waals surface area (Å²) in [6.45, 7) is 6.04. The van der Waals surface area contributed by atoms with Gasteiger partial charge in [-0.3, -0.25) is 0 Å². The highest BCUT2D eigenvalue weighted by Gasteiger charge is 2.13. The van der Waals surface area contributed by atoms with E-state index in [1.165, 1.54) is 16.9 Å². The molecule has 3 aromatic rings. The van der Waals surface area contributed by atoms with Crippen molar-refractivity contribution in [2.45, 2.75) is 33.4 Å². The number of nitrogens with zero attached hydrogens (tertiary/aromatic N) is 2. The first-order valence-corrected chi connectivity index (χ1v) is 10.7. The zero-order valence-electron chi connectivity index (χ0n) is 16.7. The number of benzene rings is 1. The maximum Gasteiger partial charge on any atom is 0.348 e. The van der Waals surface area contributed by atoms with E-state index >= 15 is 0 Å². The van der Waals surface area contributed by atoms with E-state index in [0.717, 1.165) is 34.4 Å². The van der Waals surface area contributed by atoms with Gasteiger partial charge in [0, 0.05) is 23.1 Å². The van der Waals surface area contributed by atoms with Crippen LogP contribution in [-0.4, -0.2) is 22.1 Å². The molecule has 6 heteroatoms. The number of fused-ring (bicyclic) bond motifs is 1. The Kier molecular flexibility index (Phi) is 5.81. The highest BCUT2D eigenvalue weighted by Crippen LogP contribution is 2.29. The van der Waals surface area contributed by atoms with Gasteiger partial charge in [0.2, 0.25) is 0 Å². The Balaban J connectivity index is 1.45. The summed E-state index contributed by atoms with van der Waals surface area (Å²) in [5.74, 6) is 0.311. The third kappa shape index (κ3) is 4.43. The van der Waals surface area contributed by atoms with Crippen LogP contribution in [0.5, 0.6) is 0 Å². The standard InChI is InChI=1S/C23H25N3O2S/c1-3-28-23(27)22-11-18-10-19(8-9-21(18)29-22)25-13-20-12-24-15-26(20)14-17-7-5-4-6-16(17)2/h4-5,7-12,15-16,25H,3,6,13-14H2,1-2H3. The molecule has 150 valence electrons. The second kappa shape index (κ2) is 8.66. The van der Waals surface area contributed by atoms with Crippen LogP contribution in [0.4, 0.5) is 5.69 Å². The molecule has 1 aliphatic rings. The van der Waals surface area contributed by atoms with Gasteiger partial charge in [0.25, 0.3) is 0 Å². The number of imidazole rings is 1. The Hall–Kier alpha value is -2.86. The number of esters is 1. The summed E-state index contributed by atoms with van der Waals surface area (Å²) >= 11 is 1.46. The summed E-state index contributed by atoms with van der Waals surface area (Å²) in [7, 11) is 0. The lowest BCUT2D eigenvalue weighted by Gasteiger charge is -2.19. The van der Waals surface area contributed by atoms with E-state index in [2.05, 4.69) is 46.1 Å². The maximum absolute atomic E-state index is 12.0. The Bertz CT molecular complexity index is 1080. The summed E-state index contributed by atoms with van der Waals surface area (Å²) in [4.78, 5) is 16.9. The zero-order valence-corrected chi connectivity index (χ0v) is 17.5. The lowest BCUT2D eigenvalue weighted by atomic mass is 9.93. The van der Waals surface area contributed by atoms with E-state index < -0.39 is 0 Å². The lowest BCUT2D eigenvalue weighted by molar-refractivity contribution is 0.0532. The van der Waals surface area contributed by atoms with Crippen molar-refractivity contribution in [3.05, 3.63) is 71.2 Å². The molecule has 1 aromatic carbocycles. The minimum atomic E-state index is -0.256. The summed E-state index contributed by atoms with van der Waals surface area (Å²) in [5, 5.41) is 4.53. The Labute approximate surface area is 174 Å². The fourth-order valence-corrected chi connectivity index (χ4v) is 4.42. The minimum absolute atomic E-state index is 0.256. The van der Waals surface area contributed by atoms with Crippen LogP contribution in [0.3, 0.4) is 0 Å². The van der Waals surface area contributed by atoms with E-state index in [9.17, 15) is 4.79 Å². The molecule has 1 atom stereocenters. The third-order valence-corrected chi connectivity index (χ3v) is 6.28. The van der Waals surface area contributed by atoms with Gasteiger partial charge in [0.1, 0.15) is 4.88 Å². The molecule has 0 radical (unpaired) electrons. The minimum Gasteiger partial charge on any atom is -0.462 e. The summed E-state index contributed by atoms with van der Waals surface area (Å²) in [6.07, 6.45) is 11.5. The number of allylic oxidation sites excluding steroid dienone is 4. The number of anilines is 1. The molecule has 5 nitrogen and oxygen atoms in total. The molecule has 1 unspecified atom stereocenters. The predicted molar refractivity (Wildman–Crippen MR) is 118 cm³/mol. The molecule has 1 N–H and O–H groups in total. The highest BCUT2D eigenvalue weighted by atomic mass is 32.1. The van der Waals surface area contributed by atoms with Crippen LogP contribution in [0, 0.1) is 5.92 Å². The van der Waals surface area contributed by atoms with Crippen LogP contribution in [0.1, 0.15) is 35.6 Å². The molecule has 0 fully saturated rings. The monoisotopic (exact) mass is 407 g/mol. The molecule has 0 saturated carbocycles. The lowest BCUT2D eigenvalue weighted by Crippen LogP contribution is -2.12. The van der Waals surface area contributed by atoms with E-state index in [1.54, 1.807) is 0 Å². The first kappa shape index (κ1) is 19.5. The number of ether oxygens (including phenoxy) is 1. The SMILES string of the molecule is CCOC(=O)c1cc2cc(NCc3cncn3CC3=CC=CCC3C)ccc2s1. The van der Waals surface area contributed by atoms with E-state index in [0.29, 0.717) is 23.9 Å². The van der Waals surface area contributed by atoms with Gasteiger partial charge in [0.05, 0.1) is 25.2 Å². The molecule has 0 aliphatic heterocycles. The average molecular weight is 408 g/mol. The van der Waals surface area contributed by atoms with Crippen molar-refractivity contribution in [2.75, 3.05) is 11.9 Å². The molecule has 0 spiro atoms. The second-order valence-corrected chi connectivity index (χ2v) is 8.34. The van der Waals surface area contributed by atoms with Gasteiger partial charge in [-0.1, -0.05) is 25.2 Å². The highest BCUT2D eigenvalue weighted by molar-refractivity contribution is 7.20. The van der Waals surface area contributed by atoms with Crippen LogP contribution in [0.15, 0.2) is 60.6 Å². The number of rotatable bonds is 7. The van der Waals surface area contributed by atoms with Crippen LogP contribution < -0.4 is 5.32 Å². The molecule has 2 aromatic heterocycles. The van der Waals surface area contributed by atoms with Crippen molar-refractivity contribution >= 4 is 33.1 Å². The number of thiophene rings is 1. The number of aromatic nitrogens is 2. The third-order valence-electron chi connectivity index (χ3n) is 5.19. The quantitative estimate of drug-likeness (QED) is 0.532. The van der Waals surface area contributed by atoms with Crippen LogP contribution in [-0.2, 0) is 17.8 Å². The predicted octanol–water partition coefficient (Wildman–Crippen LogP) is 5.41. The van der Waals surface area contributed by atoms with Gasteiger partial charge in [-0.15, -0.1) is 11.3 Å². The number of hydrogen-bond donors (Lipinski definition) is 1. The van der Waals surface area contributed by atoms with Crippen molar-refractivity contribution < 1.29 is 9.53 Å². The summed E-state index contributed by atoms with van der Waals surface area (Å²) in [6, 6.07) is 8.07. The van der Waals surface area contributed by atoms with E-state index in [1.807, 2.05) is 37.6 Å². The molecular formula is C23H25N3O2S. The molecular weight excluding hydrogens is 382 g/mol. The fourth-order valence-electron chi connectivity index (χ4n) is 3.48. The van der Waals surface area contributed by atoms with Crippen LogP contribution in [0.25, 0.3) is 10.1 Å². The second-order valence-electron chi connectivity index (χ2n) is 7.26. The van der Waals surface area contributed by atoms with Crippen molar-refractivity contribution in [1.29, 1.82) is 0 Å². The molecule has 29 heavy (non-hydrogen) atoms. The maximum atomic E-state index is 12.0. The molecule has 0 bridgehead atoms. The largest absolute Gasteiger partial charge is 0.462 e. The zero-order chi connectivity index (χ0) is 20.2. The normalized spacial score (nSPS) is 16.1. The van der Waals surface area contributed by atoms with Crippen molar-refractivity contribution in [2.24, 2.45) is 5.92 Å². The van der Waals surface area contributed by atoms with Gasteiger partial charge in [-0.25, -0.2) is 9.78 Å².